The highest BCUT2D eigenvalue weighted by Gasteiger charge is 2.22. The molecule has 1 aromatic carbocycles. The number of carboxylic acid groups (broad SMARTS) is 1. The third-order valence-electron chi connectivity index (χ3n) is 2.99. The zero-order chi connectivity index (χ0) is 16.0. The molecule has 0 spiro atoms. The summed E-state index contributed by atoms with van der Waals surface area (Å²) in [6.07, 6.45) is 0.670. The molecule has 0 bridgehead atoms. The van der Waals surface area contributed by atoms with Gasteiger partial charge in [0.05, 0.1) is 4.47 Å². The van der Waals surface area contributed by atoms with Crippen molar-refractivity contribution < 1.29 is 19.4 Å². The molecule has 0 heterocycles. The Labute approximate surface area is 137 Å². The average Bonchev–Trinajstić information content (AvgIpc) is 2.42. The van der Waals surface area contributed by atoms with Crippen LogP contribution in [0.25, 0.3) is 0 Å². The van der Waals surface area contributed by atoms with Gasteiger partial charge in [-0.2, -0.15) is 0 Å². The van der Waals surface area contributed by atoms with E-state index in [4.69, 9.17) is 21.4 Å². The molecule has 0 aliphatic rings. The van der Waals surface area contributed by atoms with E-state index in [0.29, 0.717) is 21.7 Å². The van der Waals surface area contributed by atoms with E-state index < -0.39 is 5.97 Å². The van der Waals surface area contributed by atoms with Crippen molar-refractivity contribution >= 4 is 39.4 Å². The van der Waals surface area contributed by atoms with E-state index in [1.165, 1.54) is 4.90 Å². The summed E-state index contributed by atoms with van der Waals surface area (Å²) in [5.74, 6) is -0.933. The molecule has 0 saturated carbocycles. The fourth-order valence-corrected chi connectivity index (χ4v) is 2.47. The fraction of sp³-hybridized carbons (Fsp3) is 0.429. The van der Waals surface area contributed by atoms with Gasteiger partial charge in [-0.25, -0.2) is 0 Å². The SMILES string of the molecule is CCC(C)N(CC(=O)O)C(=O)COc1ccc(Cl)cc1Br. The number of rotatable bonds is 7. The minimum absolute atomic E-state index is 0.161. The van der Waals surface area contributed by atoms with E-state index in [9.17, 15) is 9.59 Å². The van der Waals surface area contributed by atoms with Crippen molar-refractivity contribution in [2.45, 2.75) is 26.3 Å². The quantitative estimate of drug-likeness (QED) is 0.791. The maximum atomic E-state index is 12.1. The second-order valence-electron chi connectivity index (χ2n) is 4.54. The first-order chi connectivity index (χ1) is 9.85. The van der Waals surface area contributed by atoms with Crippen LogP contribution in [0.1, 0.15) is 20.3 Å². The number of halogens is 2. The molecule has 116 valence electrons. The van der Waals surface area contributed by atoms with E-state index in [1.807, 2.05) is 6.92 Å². The highest BCUT2D eigenvalue weighted by molar-refractivity contribution is 9.10. The highest BCUT2D eigenvalue weighted by atomic mass is 79.9. The minimum Gasteiger partial charge on any atom is -0.483 e. The Morgan fingerprint density at radius 1 is 1.48 bits per heavy atom. The number of benzene rings is 1. The van der Waals surface area contributed by atoms with Gasteiger partial charge in [-0.05, 0) is 47.5 Å². The Morgan fingerprint density at radius 3 is 2.67 bits per heavy atom. The van der Waals surface area contributed by atoms with Gasteiger partial charge < -0.3 is 14.7 Å². The molecule has 0 saturated heterocycles. The third-order valence-corrected chi connectivity index (χ3v) is 3.85. The molecule has 1 amide bonds. The van der Waals surface area contributed by atoms with Gasteiger partial charge in [-0.15, -0.1) is 0 Å². The number of hydrogen-bond acceptors (Lipinski definition) is 3. The predicted molar refractivity (Wildman–Crippen MR) is 83.7 cm³/mol. The molecular weight excluding hydrogens is 362 g/mol. The van der Waals surface area contributed by atoms with Crippen LogP contribution in [0.15, 0.2) is 22.7 Å². The van der Waals surface area contributed by atoms with Crippen LogP contribution in [0.4, 0.5) is 0 Å². The molecule has 5 nitrogen and oxygen atoms in total. The van der Waals surface area contributed by atoms with Crippen LogP contribution in [-0.4, -0.2) is 41.1 Å². The lowest BCUT2D eigenvalue weighted by atomic mass is 10.2. The standard InChI is InChI=1S/C14H17BrClNO4/c1-3-9(2)17(7-14(19)20)13(18)8-21-12-5-4-10(16)6-11(12)15/h4-6,9H,3,7-8H2,1-2H3,(H,19,20). The van der Waals surface area contributed by atoms with Crippen LogP contribution >= 0.6 is 27.5 Å². The van der Waals surface area contributed by atoms with Gasteiger partial charge in [0.2, 0.25) is 0 Å². The molecule has 0 aliphatic heterocycles. The lowest BCUT2D eigenvalue weighted by Crippen LogP contribution is -2.44. The Kier molecular flexibility index (Phi) is 6.98. The Hall–Kier alpha value is -1.27. The first-order valence-corrected chi connectivity index (χ1v) is 7.61. The predicted octanol–water partition coefficient (Wildman–Crippen LogP) is 3.19. The molecule has 0 radical (unpaired) electrons. The second-order valence-corrected chi connectivity index (χ2v) is 5.83. The Morgan fingerprint density at radius 2 is 2.14 bits per heavy atom. The molecule has 0 aromatic heterocycles. The summed E-state index contributed by atoms with van der Waals surface area (Å²) in [6, 6.07) is 4.79. The monoisotopic (exact) mass is 377 g/mol. The van der Waals surface area contributed by atoms with Crippen LogP contribution in [-0.2, 0) is 9.59 Å². The van der Waals surface area contributed by atoms with E-state index >= 15 is 0 Å². The smallest absolute Gasteiger partial charge is 0.323 e. The highest BCUT2D eigenvalue weighted by Crippen LogP contribution is 2.28. The number of ether oxygens (including phenoxy) is 1. The van der Waals surface area contributed by atoms with Crippen LogP contribution < -0.4 is 4.74 Å². The summed E-state index contributed by atoms with van der Waals surface area (Å²) in [5, 5.41) is 9.43. The molecule has 21 heavy (non-hydrogen) atoms. The van der Waals surface area contributed by atoms with Gasteiger partial charge in [0.1, 0.15) is 12.3 Å². The first-order valence-electron chi connectivity index (χ1n) is 6.44. The van der Waals surface area contributed by atoms with E-state index in [2.05, 4.69) is 15.9 Å². The van der Waals surface area contributed by atoms with Gasteiger partial charge in [0.25, 0.3) is 5.91 Å². The third kappa shape index (κ3) is 5.55. The van der Waals surface area contributed by atoms with E-state index in [-0.39, 0.29) is 25.1 Å². The van der Waals surface area contributed by atoms with Crippen LogP contribution in [0.5, 0.6) is 5.75 Å². The zero-order valence-corrected chi connectivity index (χ0v) is 14.1. The zero-order valence-electron chi connectivity index (χ0n) is 11.8. The second kappa shape index (κ2) is 8.24. The molecule has 7 heteroatoms. The maximum absolute atomic E-state index is 12.1. The molecule has 0 fully saturated rings. The minimum atomic E-state index is -1.05. The Bertz CT molecular complexity index is 524. The van der Waals surface area contributed by atoms with Gasteiger partial charge >= 0.3 is 5.97 Å². The summed E-state index contributed by atoms with van der Waals surface area (Å²) in [5.41, 5.74) is 0. The summed E-state index contributed by atoms with van der Waals surface area (Å²) in [6.45, 7) is 3.14. The molecule has 1 N–H and O–H groups in total. The van der Waals surface area contributed by atoms with Gasteiger partial charge in [-0.3, -0.25) is 9.59 Å². The molecule has 0 aliphatic carbocycles. The van der Waals surface area contributed by atoms with Crippen molar-refractivity contribution in [1.82, 2.24) is 4.90 Å². The van der Waals surface area contributed by atoms with Gasteiger partial charge in [0.15, 0.2) is 6.61 Å². The van der Waals surface area contributed by atoms with E-state index in [1.54, 1.807) is 25.1 Å². The van der Waals surface area contributed by atoms with Crippen molar-refractivity contribution in [3.05, 3.63) is 27.7 Å². The number of carboxylic acids is 1. The van der Waals surface area contributed by atoms with Gasteiger partial charge in [0, 0.05) is 11.1 Å². The number of nitrogens with zero attached hydrogens (tertiary/aromatic N) is 1. The van der Waals surface area contributed by atoms with Gasteiger partial charge in [-0.1, -0.05) is 18.5 Å². The van der Waals surface area contributed by atoms with Crippen LogP contribution in [0.3, 0.4) is 0 Å². The molecule has 1 atom stereocenters. The van der Waals surface area contributed by atoms with Crippen molar-refractivity contribution in [3.8, 4) is 5.75 Å². The summed E-state index contributed by atoms with van der Waals surface area (Å²) in [7, 11) is 0. The van der Waals surface area contributed by atoms with Crippen molar-refractivity contribution in [1.29, 1.82) is 0 Å². The molecular formula is C14H17BrClNO4. The largest absolute Gasteiger partial charge is 0.483 e. The van der Waals surface area contributed by atoms with Crippen molar-refractivity contribution in [2.75, 3.05) is 13.2 Å². The maximum Gasteiger partial charge on any atom is 0.323 e. The summed E-state index contributed by atoms with van der Waals surface area (Å²) < 4.78 is 6.06. The number of carbonyl (C=O) groups is 2. The number of carbonyl (C=O) groups excluding carboxylic acids is 1. The number of amides is 1. The number of aliphatic carboxylic acids is 1. The lowest BCUT2D eigenvalue weighted by Gasteiger charge is -2.26. The molecule has 1 aromatic rings. The first kappa shape index (κ1) is 17.8. The normalized spacial score (nSPS) is 11.8. The van der Waals surface area contributed by atoms with E-state index in [0.717, 1.165) is 0 Å². The average molecular weight is 379 g/mol. The topological polar surface area (TPSA) is 66.8 Å². The fourth-order valence-electron chi connectivity index (χ4n) is 1.67. The Balaban J connectivity index is 2.70. The molecule has 1 unspecified atom stereocenters. The van der Waals surface area contributed by atoms with Crippen molar-refractivity contribution in [2.24, 2.45) is 0 Å². The molecule has 1 rings (SSSR count). The summed E-state index contributed by atoms with van der Waals surface area (Å²) in [4.78, 5) is 24.3. The summed E-state index contributed by atoms with van der Waals surface area (Å²) >= 11 is 9.11. The lowest BCUT2D eigenvalue weighted by molar-refractivity contribution is -0.147. The van der Waals surface area contributed by atoms with Crippen LogP contribution in [0, 0.1) is 0 Å². The number of hydrogen-bond donors (Lipinski definition) is 1. The van der Waals surface area contributed by atoms with Crippen LogP contribution in [0.2, 0.25) is 5.02 Å². The van der Waals surface area contributed by atoms with Crippen molar-refractivity contribution in [3.63, 3.8) is 0 Å².